The lowest BCUT2D eigenvalue weighted by Gasteiger charge is -2.24. The zero-order valence-electron chi connectivity index (χ0n) is 7.48. The number of hydrogen-bond acceptors (Lipinski definition) is 3. The van der Waals surface area contributed by atoms with Crippen molar-refractivity contribution in [3.05, 3.63) is 24.5 Å². The second-order valence-corrected chi connectivity index (χ2v) is 3.32. The lowest BCUT2D eigenvalue weighted by molar-refractivity contribution is 0.266. The van der Waals surface area contributed by atoms with Crippen LogP contribution in [-0.2, 0) is 0 Å². The van der Waals surface area contributed by atoms with Crippen molar-refractivity contribution in [2.24, 2.45) is 0 Å². The van der Waals surface area contributed by atoms with Crippen LogP contribution in [0.25, 0.3) is 0 Å². The molecule has 1 unspecified atom stereocenters. The van der Waals surface area contributed by atoms with Gasteiger partial charge in [0.2, 0.25) is 0 Å². The molecule has 1 radical (unpaired) electrons. The molecule has 2 heterocycles. The van der Waals surface area contributed by atoms with Crippen molar-refractivity contribution in [1.29, 1.82) is 0 Å². The van der Waals surface area contributed by atoms with Crippen LogP contribution in [0.4, 0.5) is 5.69 Å². The lowest BCUT2D eigenvalue weighted by atomic mass is 10.2. The van der Waals surface area contributed by atoms with Crippen LogP contribution in [0.3, 0.4) is 0 Å². The third-order valence-electron chi connectivity index (χ3n) is 2.51. The number of aliphatic hydroxyl groups excluding tert-OH is 1. The number of anilines is 1. The Labute approximate surface area is 78.0 Å². The van der Waals surface area contributed by atoms with Crippen LogP contribution >= 0.6 is 0 Å². The first-order chi connectivity index (χ1) is 6.42. The second-order valence-electron chi connectivity index (χ2n) is 3.32. The van der Waals surface area contributed by atoms with E-state index in [0.29, 0.717) is 0 Å². The minimum Gasteiger partial charge on any atom is -0.394 e. The van der Waals surface area contributed by atoms with Gasteiger partial charge in [0.05, 0.1) is 24.5 Å². The van der Waals surface area contributed by atoms with Crippen LogP contribution in [0.2, 0.25) is 0 Å². The summed E-state index contributed by atoms with van der Waals surface area (Å²) in [5.74, 6) is 0. The Bertz CT molecular complexity index is 263. The standard InChI is InChI=1S/C10H13N2O/c13-8-10-4-2-6-12(10)9-3-1-5-11-7-9/h3,5,7,10,13H,2,4,6,8H2. The molecule has 13 heavy (non-hydrogen) atoms. The van der Waals surface area contributed by atoms with Gasteiger partial charge < -0.3 is 10.0 Å². The van der Waals surface area contributed by atoms with Crippen LogP contribution < -0.4 is 4.90 Å². The highest BCUT2D eigenvalue weighted by Crippen LogP contribution is 2.23. The van der Waals surface area contributed by atoms with E-state index in [4.69, 9.17) is 5.11 Å². The Balaban J connectivity index is 2.16. The van der Waals surface area contributed by atoms with Crippen molar-refractivity contribution in [2.75, 3.05) is 18.1 Å². The van der Waals surface area contributed by atoms with Gasteiger partial charge in [-0.05, 0) is 18.9 Å². The third kappa shape index (κ3) is 1.65. The van der Waals surface area contributed by atoms with Crippen LogP contribution in [0.15, 0.2) is 18.5 Å². The average molecular weight is 177 g/mol. The Morgan fingerprint density at radius 3 is 3.31 bits per heavy atom. The number of pyridine rings is 1. The summed E-state index contributed by atoms with van der Waals surface area (Å²) < 4.78 is 0. The minimum absolute atomic E-state index is 0.231. The van der Waals surface area contributed by atoms with Gasteiger partial charge in [-0.1, -0.05) is 0 Å². The minimum atomic E-state index is 0.231. The van der Waals surface area contributed by atoms with E-state index in [1.807, 2.05) is 12.3 Å². The third-order valence-corrected chi connectivity index (χ3v) is 2.51. The highest BCUT2D eigenvalue weighted by atomic mass is 16.3. The van der Waals surface area contributed by atoms with Crippen LogP contribution in [0.1, 0.15) is 12.8 Å². The van der Waals surface area contributed by atoms with E-state index in [-0.39, 0.29) is 12.6 Å². The van der Waals surface area contributed by atoms with Gasteiger partial charge in [-0.25, -0.2) is 0 Å². The predicted octanol–water partition coefficient (Wildman–Crippen LogP) is 0.843. The SMILES string of the molecule is OCC1CCCN1c1c[c]cnc1. The van der Waals surface area contributed by atoms with Crippen molar-refractivity contribution in [1.82, 2.24) is 4.98 Å². The summed E-state index contributed by atoms with van der Waals surface area (Å²) in [6, 6.07) is 5.14. The fourth-order valence-corrected chi connectivity index (χ4v) is 1.84. The van der Waals surface area contributed by atoms with Crippen molar-refractivity contribution in [3.63, 3.8) is 0 Å². The molecule has 3 nitrogen and oxygen atoms in total. The van der Waals surface area contributed by atoms with E-state index in [1.165, 1.54) is 0 Å². The van der Waals surface area contributed by atoms with Crippen molar-refractivity contribution in [2.45, 2.75) is 18.9 Å². The molecule has 0 amide bonds. The molecule has 3 heteroatoms. The van der Waals surface area contributed by atoms with Gasteiger partial charge >= 0.3 is 0 Å². The Hall–Kier alpha value is -1.09. The van der Waals surface area contributed by atoms with Gasteiger partial charge in [0.1, 0.15) is 0 Å². The van der Waals surface area contributed by atoms with Crippen LogP contribution in [0.5, 0.6) is 0 Å². The normalized spacial score (nSPS) is 22.2. The van der Waals surface area contributed by atoms with E-state index in [9.17, 15) is 0 Å². The zero-order valence-corrected chi connectivity index (χ0v) is 7.48. The second kappa shape index (κ2) is 3.75. The lowest BCUT2D eigenvalue weighted by Crippen LogP contribution is -2.31. The first kappa shape index (κ1) is 8.51. The Kier molecular flexibility index (Phi) is 2.45. The summed E-state index contributed by atoms with van der Waals surface area (Å²) in [6.45, 7) is 1.25. The molecule has 1 atom stereocenters. The summed E-state index contributed by atoms with van der Waals surface area (Å²) in [6.07, 6.45) is 5.70. The molecule has 0 aromatic carbocycles. The average Bonchev–Trinajstić information content (AvgIpc) is 2.67. The molecule has 0 bridgehead atoms. The maximum atomic E-state index is 9.13. The molecule has 1 N–H and O–H groups in total. The molecule has 0 spiro atoms. The zero-order chi connectivity index (χ0) is 9.10. The number of rotatable bonds is 2. The van der Waals surface area contributed by atoms with E-state index in [0.717, 1.165) is 25.1 Å². The van der Waals surface area contributed by atoms with Gasteiger partial charge in [-0.2, -0.15) is 0 Å². The van der Waals surface area contributed by atoms with Crippen molar-refractivity contribution < 1.29 is 5.11 Å². The molecule has 1 aliphatic heterocycles. The summed E-state index contributed by atoms with van der Waals surface area (Å²) in [5, 5.41) is 9.13. The molecule has 69 valence electrons. The molecule has 1 fully saturated rings. The van der Waals surface area contributed by atoms with E-state index < -0.39 is 0 Å². The van der Waals surface area contributed by atoms with Gasteiger partial charge in [0.15, 0.2) is 0 Å². The summed E-state index contributed by atoms with van der Waals surface area (Å²) in [5.41, 5.74) is 1.07. The molecular formula is C10H13N2O. The van der Waals surface area contributed by atoms with E-state index >= 15 is 0 Å². The molecule has 1 aromatic heterocycles. The quantitative estimate of drug-likeness (QED) is 0.727. The largest absolute Gasteiger partial charge is 0.394 e. The maximum Gasteiger partial charge on any atom is 0.0635 e. The smallest absolute Gasteiger partial charge is 0.0635 e. The van der Waals surface area contributed by atoms with Crippen LogP contribution in [0, 0.1) is 6.07 Å². The highest BCUT2D eigenvalue weighted by molar-refractivity contribution is 5.45. The van der Waals surface area contributed by atoms with Crippen LogP contribution in [-0.4, -0.2) is 29.3 Å². The number of hydrogen-bond donors (Lipinski definition) is 1. The Morgan fingerprint density at radius 1 is 1.69 bits per heavy atom. The molecule has 0 saturated carbocycles. The summed E-state index contributed by atoms with van der Waals surface area (Å²) in [4.78, 5) is 6.22. The van der Waals surface area contributed by atoms with E-state index in [2.05, 4.69) is 16.0 Å². The number of nitrogens with zero attached hydrogens (tertiary/aromatic N) is 2. The van der Waals surface area contributed by atoms with Crippen molar-refractivity contribution in [3.8, 4) is 0 Å². The highest BCUT2D eigenvalue weighted by Gasteiger charge is 2.23. The molecule has 1 aliphatic rings. The molecule has 2 rings (SSSR count). The predicted molar refractivity (Wildman–Crippen MR) is 50.5 cm³/mol. The molecule has 0 aliphatic carbocycles. The van der Waals surface area contributed by atoms with E-state index in [1.54, 1.807) is 6.20 Å². The maximum absolute atomic E-state index is 9.13. The fourth-order valence-electron chi connectivity index (χ4n) is 1.84. The first-order valence-corrected chi connectivity index (χ1v) is 4.60. The first-order valence-electron chi connectivity index (χ1n) is 4.60. The summed E-state index contributed by atoms with van der Waals surface area (Å²) >= 11 is 0. The van der Waals surface area contributed by atoms with Gasteiger partial charge in [0.25, 0.3) is 0 Å². The Morgan fingerprint density at radius 2 is 2.62 bits per heavy atom. The van der Waals surface area contributed by atoms with Gasteiger partial charge in [-0.3, -0.25) is 4.98 Å². The molecular weight excluding hydrogens is 164 g/mol. The van der Waals surface area contributed by atoms with Gasteiger partial charge in [0, 0.05) is 18.8 Å². The monoisotopic (exact) mass is 177 g/mol. The molecule has 1 saturated heterocycles. The number of aliphatic hydroxyl groups is 1. The molecule has 1 aromatic rings. The topological polar surface area (TPSA) is 36.4 Å². The van der Waals surface area contributed by atoms with Gasteiger partial charge in [-0.15, -0.1) is 0 Å². The number of aromatic nitrogens is 1. The van der Waals surface area contributed by atoms with Crippen molar-refractivity contribution >= 4 is 5.69 Å². The fraction of sp³-hybridized carbons (Fsp3) is 0.500. The summed E-state index contributed by atoms with van der Waals surface area (Å²) in [7, 11) is 0.